The number of thiazole rings is 1. The first-order chi connectivity index (χ1) is 14.6. The molecule has 7 rings (SSSR count). The molecule has 4 fully saturated rings. The van der Waals surface area contributed by atoms with E-state index in [1.54, 1.807) is 22.1 Å². The van der Waals surface area contributed by atoms with E-state index in [0.29, 0.717) is 15.6 Å². The van der Waals surface area contributed by atoms with Crippen molar-refractivity contribution in [3.05, 3.63) is 58.1 Å². The lowest BCUT2D eigenvalue weighted by molar-refractivity contribution is -0.00688. The SMILES string of the molecule is O=C(Nc1nc(C23CC4CC(CC(C4)C2)C3)cs1)c1c[nH]c(=S)n1-c1ccccc1. The Kier molecular flexibility index (Phi) is 4.25. The smallest absolute Gasteiger partial charge is 0.276 e. The molecule has 3 aromatic rings. The van der Waals surface area contributed by atoms with Gasteiger partial charge in [-0.1, -0.05) is 18.2 Å². The molecule has 0 atom stereocenters. The fourth-order valence-corrected chi connectivity index (χ4v) is 7.62. The highest BCUT2D eigenvalue weighted by atomic mass is 32.1. The molecule has 2 heterocycles. The highest BCUT2D eigenvalue weighted by molar-refractivity contribution is 7.71. The molecule has 4 aliphatic carbocycles. The highest BCUT2D eigenvalue weighted by Gasteiger charge is 2.52. The van der Waals surface area contributed by atoms with Gasteiger partial charge in [-0.3, -0.25) is 14.7 Å². The second kappa shape index (κ2) is 6.89. The fourth-order valence-electron chi connectivity index (χ4n) is 6.53. The van der Waals surface area contributed by atoms with Crippen LogP contribution in [-0.2, 0) is 5.41 Å². The van der Waals surface area contributed by atoms with E-state index in [1.165, 1.54) is 44.2 Å². The van der Waals surface area contributed by atoms with E-state index in [9.17, 15) is 4.79 Å². The minimum atomic E-state index is -0.197. The molecule has 5 nitrogen and oxygen atoms in total. The maximum atomic E-state index is 13.0. The molecule has 30 heavy (non-hydrogen) atoms. The van der Waals surface area contributed by atoms with Gasteiger partial charge in [-0.2, -0.15) is 0 Å². The molecule has 1 amide bonds. The molecule has 2 aromatic heterocycles. The monoisotopic (exact) mass is 436 g/mol. The summed E-state index contributed by atoms with van der Waals surface area (Å²) in [6.07, 6.45) is 9.76. The number of benzene rings is 1. The van der Waals surface area contributed by atoms with Gasteiger partial charge >= 0.3 is 0 Å². The van der Waals surface area contributed by atoms with Crippen molar-refractivity contribution in [1.82, 2.24) is 14.5 Å². The third kappa shape index (κ3) is 2.98. The number of amides is 1. The Hall–Kier alpha value is -2.25. The number of nitrogens with zero attached hydrogens (tertiary/aromatic N) is 2. The van der Waals surface area contributed by atoms with Gasteiger partial charge in [0.25, 0.3) is 5.91 Å². The summed E-state index contributed by atoms with van der Waals surface area (Å²) >= 11 is 6.95. The summed E-state index contributed by atoms with van der Waals surface area (Å²) in [6.45, 7) is 0. The second-order valence-electron chi connectivity index (χ2n) is 9.34. The van der Waals surface area contributed by atoms with E-state index < -0.39 is 0 Å². The zero-order chi connectivity index (χ0) is 20.3. The van der Waals surface area contributed by atoms with Crippen LogP contribution in [0.25, 0.3) is 5.69 Å². The number of rotatable bonds is 4. The van der Waals surface area contributed by atoms with E-state index in [4.69, 9.17) is 17.2 Å². The van der Waals surface area contributed by atoms with Crippen LogP contribution in [0.5, 0.6) is 0 Å². The number of nitrogens with one attached hydrogen (secondary N) is 2. The third-order valence-electron chi connectivity index (χ3n) is 7.33. The van der Waals surface area contributed by atoms with Gasteiger partial charge in [0.1, 0.15) is 5.69 Å². The van der Waals surface area contributed by atoms with E-state index in [1.807, 2.05) is 30.3 Å². The van der Waals surface area contributed by atoms with Crippen LogP contribution in [-0.4, -0.2) is 20.4 Å². The third-order valence-corrected chi connectivity index (χ3v) is 8.39. The zero-order valence-electron chi connectivity index (χ0n) is 16.6. The minimum Gasteiger partial charge on any atom is -0.336 e. The van der Waals surface area contributed by atoms with Crippen LogP contribution in [0.3, 0.4) is 0 Å². The number of H-pyrrole nitrogens is 1. The van der Waals surface area contributed by atoms with Crippen LogP contribution < -0.4 is 5.32 Å². The normalized spacial score (nSPS) is 29.3. The molecule has 4 aliphatic rings. The Bertz CT molecular complexity index is 1120. The van der Waals surface area contributed by atoms with Crippen molar-refractivity contribution in [1.29, 1.82) is 0 Å². The Balaban J connectivity index is 1.26. The zero-order valence-corrected chi connectivity index (χ0v) is 18.3. The number of aromatic nitrogens is 3. The van der Waals surface area contributed by atoms with Crippen LogP contribution in [0.2, 0.25) is 0 Å². The first-order valence-electron chi connectivity index (χ1n) is 10.7. The molecule has 7 heteroatoms. The molecule has 154 valence electrons. The topological polar surface area (TPSA) is 62.7 Å². The van der Waals surface area contributed by atoms with Crippen molar-refractivity contribution < 1.29 is 4.79 Å². The summed E-state index contributed by atoms with van der Waals surface area (Å²) in [5, 5.41) is 5.88. The molecule has 0 radical (unpaired) electrons. The Morgan fingerprint density at radius 1 is 1.13 bits per heavy atom. The van der Waals surface area contributed by atoms with Crippen molar-refractivity contribution >= 4 is 34.6 Å². The summed E-state index contributed by atoms with van der Waals surface area (Å²) in [7, 11) is 0. The predicted molar refractivity (Wildman–Crippen MR) is 121 cm³/mol. The fraction of sp³-hybridized carbons (Fsp3) is 0.435. The van der Waals surface area contributed by atoms with E-state index in [0.717, 1.165) is 23.4 Å². The van der Waals surface area contributed by atoms with Gasteiger partial charge in [-0.25, -0.2) is 4.98 Å². The predicted octanol–water partition coefficient (Wildman–Crippen LogP) is 5.71. The van der Waals surface area contributed by atoms with Gasteiger partial charge < -0.3 is 4.98 Å². The molecule has 4 bridgehead atoms. The van der Waals surface area contributed by atoms with Crippen molar-refractivity contribution in [2.24, 2.45) is 17.8 Å². The standard InChI is InChI=1S/C23H24N4OS2/c28-20(18-12-24-22(29)27(18)17-4-2-1-3-5-17)26-21-25-19(13-30-21)23-9-14-6-15(10-23)8-16(7-14)11-23/h1-5,12-16H,6-11H2,(H,24,29)(H,25,26,28). The number of imidazole rings is 1. The Morgan fingerprint density at radius 3 is 2.47 bits per heavy atom. The largest absolute Gasteiger partial charge is 0.336 e. The minimum absolute atomic E-state index is 0.197. The first kappa shape index (κ1) is 18.5. The van der Waals surface area contributed by atoms with Crippen molar-refractivity contribution in [2.45, 2.75) is 43.9 Å². The first-order valence-corrected chi connectivity index (χ1v) is 12.0. The van der Waals surface area contributed by atoms with Crippen molar-refractivity contribution in [3.8, 4) is 5.69 Å². The number of anilines is 1. The molecule has 4 saturated carbocycles. The van der Waals surface area contributed by atoms with Crippen LogP contribution >= 0.6 is 23.6 Å². The molecule has 0 unspecified atom stereocenters. The summed E-state index contributed by atoms with van der Waals surface area (Å²) in [5.74, 6) is 2.45. The number of aromatic amines is 1. The maximum Gasteiger partial charge on any atom is 0.276 e. The van der Waals surface area contributed by atoms with Gasteiger partial charge in [-0.15, -0.1) is 11.3 Å². The van der Waals surface area contributed by atoms with Crippen molar-refractivity contribution in [3.63, 3.8) is 0 Å². The van der Waals surface area contributed by atoms with E-state index in [2.05, 4.69) is 15.7 Å². The van der Waals surface area contributed by atoms with Gasteiger partial charge in [0.2, 0.25) is 0 Å². The van der Waals surface area contributed by atoms with Crippen LogP contribution in [0, 0.1) is 22.5 Å². The average molecular weight is 437 g/mol. The van der Waals surface area contributed by atoms with Crippen LogP contribution in [0.15, 0.2) is 41.9 Å². The number of para-hydroxylation sites is 1. The number of hydrogen-bond acceptors (Lipinski definition) is 4. The number of carbonyl (C=O) groups excluding carboxylic acids is 1. The second-order valence-corrected chi connectivity index (χ2v) is 10.6. The van der Waals surface area contributed by atoms with Gasteiger partial charge in [0.15, 0.2) is 9.90 Å². The van der Waals surface area contributed by atoms with E-state index in [-0.39, 0.29) is 11.3 Å². The maximum absolute atomic E-state index is 13.0. The van der Waals surface area contributed by atoms with Gasteiger partial charge in [0, 0.05) is 22.7 Å². The summed E-state index contributed by atoms with van der Waals surface area (Å²) in [5.41, 5.74) is 2.80. The van der Waals surface area contributed by atoms with Gasteiger partial charge in [-0.05, 0) is 80.6 Å². The highest BCUT2D eigenvalue weighted by Crippen LogP contribution is 2.60. The molecular weight excluding hydrogens is 412 g/mol. The lowest BCUT2D eigenvalue weighted by Gasteiger charge is -2.56. The lowest BCUT2D eigenvalue weighted by Crippen LogP contribution is -2.48. The molecule has 0 aliphatic heterocycles. The molecular formula is C23H24N4OS2. The molecule has 1 aromatic carbocycles. The van der Waals surface area contributed by atoms with Gasteiger partial charge in [0.05, 0.1) is 5.69 Å². The summed E-state index contributed by atoms with van der Waals surface area (Å²) in [4.78, 5) is 21.0. The molecule has 0 spiro atoms. The number of hydrogen-bond donors (Lipinski definition) is 2. The quantitative estimate of drug-likeness (QED) is 0.515. The Morgan fingerprint density at radius 2 is 1.80 bits per heavy atom. The van der Waals surface area contributed by atoms with Crippen LogP contribution in [0.4, 0.5) is 5.13 Å². The average Bonchev–Trinajstić information content (AvgIpc) is 3.35. The summed E-state index contributed by atoms with van der Waals surface area (Å²) < 4.78 is 2.26. The van der Waals surface area contributed by atoms with E-state index >= 15 is 0 Å². The lowest BCUT2D eigenvalue weighted by atomic mass is 9.49. The summed E-state index contributed by atoms with van der Waals surface area (Å²) in [6, 6.07) is 9.69. The van der Waals surface area contributed by atoms with Crippen molar-refractivity contribution in [2.75, 3.05) is 5.32 Å². The Labute approximate surface area is 184 Å². The molecule has 0 saturated heterocycles. The number of carbonyl (C=O) groups is 1. The van der Waals surface area contributed by atoms with Crippen LogP contribution in [0.1, 0.15) is 54.7 Å². The molecule has 2 N–H and O–H groups in total.